The predicted molar refractivity (Wildman–Crippen MR) is 142 cm³/mol. The van der Waals surface area contributed by atoms with Gasteiger partial charge < -0.3 is 14.8 Å². The molecule has 0 fully saturated rings. The summed E-state index contributed by atoms with van der Waals surface area (Å²) in [6.45, 7) is 3.71. The van der Waals surface area contributed by atoms with E-state index in [0.29, 0.717) is 34.5 Å². The molecule has 0 aliphatic heterocycles. The smallest absolute Gasteiger partial charge is 0.264 e. The molecule has 0 unspecified atom stereocenters. The number of carbonyl (C=O) groups excluding carboxylic acids is 1. The van der Waals surface area contributed by atoms with Crippen LogP contribution in [0.3, 0.4) is 0 Å². The van der Waals surface area contributed by atoms with Crippen LogP contribution in [0.1, 0.15) is 31.9 Å². The van der Waals surface area contributed by atoms with Crippen molar-refractivity contribution in [2.45, 2.75) is 31.2 Å². The highest BCUT2D eigenvalue weighted by atomic mass is 35.5. The van der Waals surface area contributed by atoms with Crippen molar-refractivity contribution in [2.24, 2.45) is 5.92 Å². The molecule has 0 aromatic heterocycles. The van der Waals surface area contributed by atoms with Gasteiger partial charge in [0, 0.05) is 5.02 Å². The fourth-order valence-corrected chi connectivity index (χ4v) is 5.37. The van der Waals surface area contributed by atoms with E-state index in [0.717, 1.165) is 9.87 Å². The Morgan fingerprint density at radius 1 is 0.944 bits per heavy atom. The molecule has 3 aromatic carbocycles. The SMILES string of the molecule is COc1ccc([C@@H](CC(C)C)NC(=O)CN(c2cccc(Cl)c2)S(=O)(=O)c2ccc(OC)cc2)cc1. The van der Waals surface area contributed by atoms with Crippen molar-refractivity contribution < 1.29 is 22.7 Å². The van der Waals surface area contributed by atoms with Gasteiger partial charge in [0.15, 0.2) is 0 Å². The second kappa shape index (κ2) is 12.1. The van der Waals surface area contributed by atoms with Crippen molar-refractivity contribution in [1.82, 2.24) is 5.32 Å². The van der Waals surface area contributed by atoms with E-state index >= 15 is 0 Å². The highest BCUT2D eigenvalue weighted by Gasteiger charge is 2.28. The third-order valence-corrected chi connectivity index (χ3v) is 7.61. The molecule has 0 aliphatic rings. The van der Waals surface area contributed by atoms with Gasteiger partial charge in [-0.2, -0.15) is 0 Å². The standard InChI is InChI=1S/C27H31ClN2O5S/c1-19(2)16-26(20-8-10-23(34-3)11-9-20)29-27(31)18-30(22-7-5-6-21(28)17-22)36(32,33)25-14-12-24(35-4)13-15-25/h5-15,17,19,26H,16,18H2,1-4H3,(H,29,31)/t26-/m1/s1. The maximum atomic E-state index is 13.6. The van der Waals surface area contributed by atoms with Gasteiger partial charge in [-0.25, -0.2) is 8.42 Å². The molecule has 0 saturated heterocycles. The molecule has 0 spiro atoms. The van der Waals surface area contributed by atoms with Gasteiger partial charge in [0.1, 0.15) is 18.0 Å². The lowest BCUT2D eigenvalue weighted by Gasteiger charge is -2.27. The van der Waals surface area contributed by atoms with E-state index in [-0.39, 0.29) is 10.9 Å². The van der Waals surface area contributed by atoms with E-state index in [4.69, 9.17) is 21.1 Å². The Kier molecular flexibility index (Phi) is 9.23. The zero-order chi connectivity index (χ0) is 26.3. The number of amides is 1. The van der Waals surface area contributed by atoms with Crippen molar-refractivity contribution in [3.63, 3.8) is 0 Å². The van der Waals surface area contributed by atoms with Crippen LogP contribution >= 0.6 is 11.6 Å². The molecule has 192 valence electrons. The number of sulfonamides is 1. The molecule has 9 heteroatoms. The number of ether oxygens (including phenoxy) is 2. The lowest BCUT2D eigenvalue weighted by molar-refractivity contribution is -0.120. The first kappa shape index (κ1) is 27.4. The lowest BCUT2D eigenvalue weighted by atomic mass is 9.97. The first-order valence-electron chi connectivity index (χ1n) is 11.5. The monoisotopic (exact) mass is 530 g/mol. The lowest BCUT2D eigenvalue weighted by Crippen LogP contribution is -2.42. The van der Waals surface area contributed by atoms with E-state index in [1.165, 1.54) is 25.3 Å². The number of halogens is 1. The fraction of sp³-hybridized carbons (Fsp3) is 0.296. The van der Waals surface area contributed by atoms with Gasteiger partial charge in [0.05, 0.1) is 30.8 Å². The summed E-state index contributed by atoms with van der Waals surface area (Å²) in [6, 6.07) is 19.6. The van der Waals surface area contributed by atoms with Crippen LogP contribution in [-0.2, 0) is 14.8 Å². The van der Waals surface area contributed by atoms with Gasteiger partial charge >= 0.3 is 0 Å². The quantitative estimate of drug-likeness (QED) is 0.356. The molecule has 1 N–H and O–H groups in total. The molecule has 7 nitrogen and oxygen atoms in total. The number of hydrogen-bond donors (Lipinski definition) is 1. The molecular formula is C27H31ClN2O5S. The minimum Gasteiger partial charge on any atom is -0.497 e. The Labute approximate surface area is 218 Å². The summed E-state index contributed by atoms with van der Waals surface area (Å²) in [4.78, 5) is 13.3. The van der Waals surface area contributed by atoms with Gasteiger partial charge in [0.2, 0.25) is 5.91 Å². The van der Waals surface area contributed by atoms with Crippen LogP contribution in [0.15, 0.2) is 77.7 Å². The summed E-state index contributed by atoms with van der Waals surface area (Å²) in [5.74, 6) is 1.10. The maximum Gasteiger partial charge on any atom is 0.264 e. The molecule has 0 saturated carbocycles. The van der Waals surface area contributed by atoms with Crippen LogP contribution in [0.5, 0.6) is 11.5 Å². The number of nitrogens with zero attached hydrogens (tertiary/aromatic N) is 1. The summed E-state index contributed by atoms with van der Waals surface area (Å²) < 4.78 is 38.7. The Bertz CT molecular complexity index is 1260. The molecule has 0 radical (unpaired) electrons. The number of methoxy groups -OCH3 is 2. The highest BCUT2D eigenvalue weighted by molar-refractivity contribution is 7.92. The van der Waals surface area contributed by atoms with E-state index in [1.807, 2.05) is 24.3 Å². The summed E-state index contributed by atoms with van der Waals surface area (Å²) in [5.41, 5.74) is 1.20. The van der Waals surface area contributed by atoms with Crippen LogP contribution in [0.25, 0.3) is 0 Å². The Balaban J connectivity index is 1.92. The molecule has 1 amide bonds. The Morgan fingerprint density at radius 2 is 1.53 bits per heavy atom. The van der Waals surface area contributed by atoms with Crippen molar-refractivity contribution in [2.75, 3.05) is 25.1 Å². The first-order valence-corrected chi connectivity index (χ1v) is 13.3. The zero-order valence-electron chi connectivity index (χ0n) is 20.8. The molecule has 0 bridgehead atoms. The van der Waals surface area contributed by atoms with Gasteiger partial charge in [0.25, 0.3) is 10.0 Å². The Hall–Kier alpha value is -3.23. The molecule has 3 rings (SSSR count). The average molecular weight is 531 g/mol. The topological polar surface area (TPSA) is 84.9 Å². The third kappa shape index (κ3) is 6.92. The summed E-state index contributed by atoms with van der Waals surface area (Å²) in [7, 11) is -0.986. The molecule has 0 heterocycles. The summed E-state index contributed by atoms with van der Waals surface area (Å²) in [6.07, 6.45) is 0.681. The van der Waals surface area contributed by atoms with Crippen LogP contribution in [0.2, 0.25) is 5.02 Å². The Morgan fingerprint density at radius 3 is 2.06 bits per heavy atom. The molecule has 3 aromatic rings. The van der Waals surface area contributed by atoms with Crippen molar-refractivity contribution in [3.05, 3.63) is 83.4 Å². The summed E-state index contributed by atoms with van der Waals surface area (Å²) >= 11 is 6.16. The fourth-order valence-electron chi connectivity index (χ4n) is 3.78. The van der Waals surface area contributed by atoms with E-state index in [1.54, 1.807) is 37.4 Å². The largest absolute Gasteiger partial charge is 0.497 e. The van der Waals surface area contributed by atoms with E-state index in [9.17, 15) is 13.2 Å². The number of rotatable bonds is 11. The van der Waals surface area contributed by atoms with Gasteiger partial charge in [-0.15, -0.1) is 0 Å². The van der Waals surface area contributed by atoms with E-state index in [2.05, 4.69) is 19.2 Å². The molecule has 36 heavy (non-hydrogen) atoms. The van der Waals surface area contributed by atoms with Crippen molar-refractivity contribution >= 4 is 33.2 Å². The minimum atomic E-state index is -4.08. The number of hydrogen-bond acceptors (Lipinski definition) is 5. The number of benzene rings is 3. The van der Waals surface area contributed by atoms with E-state index < -0.39 is 22.5 Å². The highest BCUT2D eigenvalue weighted by Crippen LogP contribution is 2.28. The maximum absolute atomic E-state index is 13.6. The van der Waals surface area contributed by atoms with Crippen LogP contribution in [-0.4, -0.2) is 35.1 Å². The van der Waals surface area contributed by atoms with Crippen LogP contribution in [0.4, 0.5) is 5.69 Å². The number of anilines is 1. The molecular weight excluding hydrogens is 500 g/mol. The normalized spacial score (nSPS) is 12.2. The second-order valence-electron chi connectivity index (χ2n) is 8.69. The molecule has 1 atom stereocenters. The van der Waals surface area contributed by atoms with Gasteiger partial charge in [-0.3, -0.25) is 9.10 Å². The predicted octanol–water partition coefficient (Wildman–Crippen LogP) is 5.46. The van der Waals surface area contributed by atoms with Crippen molar-refractivity contribution in [3.8, 4) is 11.5 Å². The third-order valence-electron chi connectivity index (χ3n) is 5.59. The average Bonchev–Trinajstić information content (AvgIpc) is 2.86. The van der Waals surface area contributed by atoms with Crippen LogP contribution in [0, 0.1) is 5.92 Å². The molecule has 0 aliphatic carbocycles. The second-order valence-corrected chi connectivity index (χ2v) is 11.0. The van der Waals surface area contributed by atoms with Crippen molar-refractivity contribution in [1.29, 1.82) is 0 Å². The minimum absolute atomic E-state index is 0.0324. The number of nitrogens with one attached hydrogen (secondary N) is 1. The van der Waals surface area contributed by atoms with Crippen LogP contribution < -0.4 is 19.1 Å². The first-order chi connectivity index (χ1) is 17.1. The zero-order valence-corrected chi connectivity index (χ0v) is 22.3. The van der Waals surface area contributed by atoms with Gasteiger partial charge in [-0.05, 0) is 72.5 Å². The van der Waals surface area contributed by atoms with Gasteiger partial charge in [-0.1, -0.05) is 43.6 Å². The summed E-state index contributed by atoms with van der Waals surface area (Å²) in [5, 5.41) is 3.38. The number of carbonyl (C=O) groups is 1.